The average molecular weight is 229 g/mol. The minimum absolute atomic E-state index is 0.274. The molecule has 0 spiro atoms. The summed E-state index contributed by atoms with van der Waals surface area (Å²) in [5.74, 6) is -1.51. The van der Waals surface area contributed by atoms with Crippen molar-refractivity contribution in [2.75, 3.05) is 0 Å². The van der Waals surface area contributed by atoms with Crippen LogP contribution in [0.5, 0.6) is 0 Å². The molecule has 16 heavy (non-hydrogen) atoms. The van der Waals surface area contributed by atoms with Crippen molar-refractivity contribution in [1.29, 1.82) is 0 Å². The fourth-order valence-electron chi connectivity index (χ4n) is 1.51. The van der Waals surface area contributed by atoms with E-state index >= 15 is 0 Å². The SMILES string of the molecule is CCC(CC)(CC)NC(=O)C(C)(C)C(=O)O. The Hall–Kier alpha value is -1.06. The summed E-state index contributed by atoms with van der Waals surface area (Å²) in [6.45, 7) is 8.86. The Bertz CT molecular complexity index is 259. The highest BCUT2D eigenvalue weighted by Crippen LogP contribution is 2.23. The standard InChI is InChI=1S/C12H23NO3/c1-6-12(7-2,8-3)13-9(14)11(4,5)10(15)16/h6-8H2,1-5H3,(H,13,14)(H,15,16). The predicted molar refractivity (Wildman–Crippen MR) is 63.2 cm³/mol. The molecule has 4 nitrogen and oxygen atoms in total. The molecular formula is C12H23NO3. The van der Waals surface area contributed by atoms with Gasteiger partial charge < -0.3 is 10.4 Å². The molecule has 0 saturated carbocycles. The Labute approximate surface area is 97.4 Å². The second-order valence-electron chi connectivity index (χ2n) is 4.73. The quantitative estimate of drug-likeness (QED) is 0.686. The van der Waals surface area contributed by atoms with Crippen LogP contribution in [0.4, 0.5) is 0 Å². The van der Waals surface area contributed by atoms with Crippen molar-refractivity contribution in [3.05, 3.63) is 0 Å². The van der Waals surface area contributed by atoms with Crippen LogP contribution in [0.3, 0.4) is 0 Å². The van der Waals surface area contributed by atoms with Gasteiger partial charge in [0, 0.05) is 5.54 Å². The maximum absolute atomic E-state index is 11.9. The largest absolute Gasteiger partial charge is 0.480 e. The van der Waals surface area contributed by atoms with Crippen LogP contribution in [-0.4, -0.2) is 22.5 Å². The molecule has 0 aliphatic heterocycles. The first kappa shape index (κ1) is 14.9. The minimum atomic E-state index is -1.37. The number of hydrogen-bond donors (Lipinski definition) is 2. The third-order valence-electron chi connectivity index (χ3n) is 3.51. The first-order valence-corrected chi connectivity index (χ1v) is 5.81. The van der Waals surface area contributed by atoms with Gasteiger partial charge in [0.2, 0.25) is 5.91 Å². The van der Waals surface area contributed by atoms with Crippen molar-refractivity contribution in [2.24, 2.45) is 5.41 Å². The Morgan fingerprint density at radius 3 is 1.69 bits per heavy atom. The Morgan fingerprint density at radius 2 is 1.44 bits per heavy atom. The molecule has 0 atom stereocenters. The molecule has 0 fully saturated rings. The minimum Gasteiger partial charge on any atom is -0.480 e. The Morgan fingerprint density at radius 1 is 1.06 bits per heavy atom. The first-order valence-electron chi connectivity index (χ1n) is 5.81. The second-order valence-corrected chi connectivity index (χ2v) is 4.73. The van der Waals surface area contributed by atoms with Gasteiger partial charge in [0.15, 0.2) is 0 Å². The van der Waals surface area contributed by atoms with Crippen LogP contribution >= 0.6 is 0 Å². The van der Waals surface area contributed by atoms with E-state index < -0.39 is 17.3 Å². The van der Waals surface area contributed by atoms with Crippen LogP contribution in [0.1, 0.15) is 53.9 Å². The third kappa shape index (κ3) is 2.97. The predicted octanol–water partition coefficient (Wildman–Crippen LogP) is 2.18. The smallest absolute Gasteiger partial charge is 0.318 e. The highest BCUT2D eigenvalue weighted by molar-refractivity contribution is 6.01. The summed E-state index contributed by atoms with van der Waals surface area (Å²) in [4.78, 5) is 22.9. The molecule has 0 unspecified atom stereocenters. The number of hydrogen-bond acceptors (Lipinski definition) is 2. The van der Waals surface area contributed by atoms with Gasteiger partial charge in [0.1, 0.15) is 5.41 Å². The van der Waals surface area contributed by atoms with Gasteiger partial charge in [-0.2, -0.15) is 0 Å². The van der Waals surface area contributed by atoms with Crippen LogP contribution in [0, 0.1) is 5.41 Å². The van der Waals surface area contributed by atoms with Crippen LogP contribution in [0.2, 0.25) is 0 Å². The van der Waals surface area contributed by atoms with Gasteiger partial charge in [-0.05, 0) is 33.1 Å². The zero-order valence-corrected chi connectivity index (χ0v) is 10.9. The highest BCUT2D eigenvalue weighted by Gasteiger charge is 2.39. The van der Waals surface area contributed by atoms with E-state index in [2.05, 4.69) is 5.32 Å². The summed E-state index contributed by atoms with van der Waals surface area (Å²) in [6, 6.07) is 0. The van der Waals surface area contributed by atoms with E-state index in [4.69, 9.17) is 5.11 Å². The van der Waals surface area contributed by atoms with Gasteiger partial charge >= 0.3 is 5.97 Å². The molecule has 2 N–H and O–H groups in total. The van der Waals surface area contributed by atoms with E-state index in [0.717, 1.165) is 19.3 Å². The number of carbonyl (C=O) groups excluding carboxylic acids is 1. The molecule has 0 rings (SSSR count). The molecule has 94 valence electrons. The normalized spacial score (nSPS) is 12.3. The topological polar surface area (TPSA) is 66.4 Å². The van der Waals surface area contributed by atoms with E-state index in [0.29, 0.717) is 0 Å². The summed E-state index contributed by atoms with van der Waals surface area (Å²) < 4.78 is 0. The molecule has 1 amide bonds. The highest BCUT2D eigenvalue weighted by atomic mass is 16.4. The van der Waals surface area contributed by atoms with E-state index in [-0.39, 0.29) is 5.54 Å². The molecule has 0 aromatic heterocycles. The lowest BCUT2D eigenvalue weighted by molar-refractivity contribution is -0.154. The van der Waals surface area contributed by atoms with Crippen molar-refractivity contribution in [1.82, 2.24) is 5.32 Å². The van der Waals surface area contributed by atoms with E-state index in [1.165, 1.54) is 13.8 Å². The van der Waals surface area contributed by atoms with Crippen LogP contribution < -0.4 is 5.32 Å². The number of carboxylic acids is 1. The zero-order chi connectivity index (χ0) is 13.0. The number of rotatable bonds is 6. The van der Waals surface area contributed by atoms with Crippen LogP contribution in [0.25, 0.3) is 0 Å². The van der Waals surface area contributed by atoms with Gasteiger partial charge in [-0.3, -0.25) is 9.59 Å². The van der Waals surface area contributed by atoms with Gasteiger partial charge in [0.25, 0.3) is 0 Å². The fourth-order valence-corrected chi connectivity index (χ4v) is 1.51. The molecule has 0 heterocycles. The summed E-state index contributed by atoms with van der Waals surface area (Å²) in [5, 5.41) is 11.8. The van der Waals surface area contributed by atoms with Gasteiger partial charge in [-0.1, -0.05) is 20.8 Å². The average Bonchev–Trinajstić information content (AvgIpc) is 2.25. The maximum atomic E-state index is 11.9. The fraction of sp³-hybridized carbons (Fsp3) is 0.833. The Balaban J connectivity index is 4.84. The molecule has 0 aromatic carbocycles. The first-order chi connectivity index (χ1) is 7.25. The zero-order valence-electron chi connectivity index (χ0n) is 10.9. The summed E-state index contributed by atoms with van der Waals surface area (Å²) in [7, 11) is 0. The van der Waals surface area contributed by atoms with Crippen molar-refractivity contribution in [3.63, 3.8) is 0 Å². The summed E-state index contributed by atoms with van der Waals surface area (Å²) in [5.41, 5.74) is -1.64. The van der Waals surface area contributed by atoms with E-state index in [1.54, 1.807) is 0 Å². The third-order valence-corrected chi connectivity index (χ3v) is 3.51. The molecule has 0 saturated heterocycles. The monoisotopic (exact) mass is 229 g/mol. The van der Waals surface area contributed by atoms with E-state index in [1.807, 2.05) is 20.8 Å². The molecule has 0 aliphatic rings. The number of nitrogens with one attached hydrogen (secondary N) is 1. The summed E-state index contributed by atoms with van der Waals surface area (Å²) in [6.07, 6.45) is 2.42. The maximum Gasteiger partial charge on any atom is 0.318 e. The summed E-state index contributed by atoms with van der Waals surface area (Å²) >= 11 is 0. The van der Waals surface area contributed by atoms with E-state index in [9.17, 15) is 9.59 Å². The van der Waals surface area contributed by atoms with Crippen molar-refractivity contribution in [3.8, 4) is 0 Å². The molecular weight excluding hydrogens is 206 g/mol. The van der Waals surface area contributed by atoms with Crippen LogP contribution in [-0.2, 0) is 9.59 Å². The van der Waals surface area contributed by atoms with Gasteiger partial charge in [0.05, 0.1) is 0 Å². The lowest BCUT2D eigenvalue weighted by Gasteiger charge is -2.34. The van der Waals surface area contributed by atoms with Crippen LogP contribution in [0.15, 0.2) is 0 Å². The Kier molecular flexibility index (Phi) is 4.97. The van der Waals surface area contributed by atoms with Gasteiger partial charge in [-0.25, -0.2) is 0 Å². The molecule has 0 aromatic rings. The number of amides is 1. The lowest BCUT2D eigenvalue weighted by Crippen LogP contribution is -2.53. The number of carboxylic acid groups (broad SMARTS) is 1. The molecule has 0 radical (unpaired) electrons. The molecule has 0 aliphatic carbocycles. The van der Waals surface area contributed by atoms with Crippen molar-refractivity contribution >= 4 is 11.9 Å². The molecule has 0 bridgehead atoms. The number of carbonyl (C=O) groups is 2. The lowest BCUT2D eigenvalue weighted by atomic mass is 9.86. The second kappa shape index (κ2) is 5.32. The van der Waals surface area contributed by atoms with Crippen molar-refractivity contribution in [2.45, 2.75) is 59.4 Å². The van der Waals surface area contributed by atoms with Gasteiger partial charge in [-0.15, -0.1) is 0 Å². The molecule has 4 heteroatoms. The number of aliphatic carboxylic acids is 1. The van der Waals surface area contributed by atoms with Crippen molar-refractivity contribution < 1.29 is 14.7 Å².